The molecule has 0 radical (unpaired) electrons. The van der Waals surface area contributed by atoms with Crippen molar-refractivity contribution in [2.45, 2.75) is 13.1 Å². The van der Waals surface area contributed by atoms with Crippen molar-refractivity contribution < 1.29 is 19.1 Å². The fourth-order valence-corrected chi connectivity index (χ4v) is 5.41. The van der Waals surface area contributed by atoms with E-state index in [1.54, 1.807) is 31.6 Å². The van der Waals surface area contributed by atoms with Crippen molar-refractivity contribution >= 4 is 28.8 Å². The van der Waals surface area contributed by atoms with Crippen LogP contribution in [0.25, 0.3) is 0 Å². The van der Waals surface area contributed by atoms with Crippen LogP contribution >= 0.6 is 11.3 Å². The van der Waals surface area contributed by atoms with Crippen LogP contribution in [0.1, 0.15) is 31.8 Å². The number of carbonyl (C=O) groups is 2. The Balaban J connectivity index is 1.30. The molecule has 2 amide bonds. The summed E-state index contributed by atoms with van der Waals surface area (Å²) in [6.07, 6.45) is 0. The lowest BCUT2D eigenvalue weighted by Gasteiger charge is -2.37. The molecular weight excluding hydrogens is 450 g/mol. The van der Waals surface area contributed by atoms with E-state index in [1.807, 2.05) is 41.1 Å². The second-order valence-corrected chi connectivity index (χ2v) is 9.22. The van der Waals surface area contributed by atoms with Gasteiger partial charge in [0.1, 0.15) is 0 Å². The van der Waals surface area contributed by atoms with Gasteiger partial charge in [-0.15, -0.1) is 0 Å². The van der Waals surface area contributed by atoms with Crippen LogP contribution in [-0.4, -0.2) is 62.0 Å². The lowest BCUT2D eigenvalue weighted by molar-refractivity contribution is 0.0642. The molecule has 8 heteroatoms. The van der Waals surface area contributed by atoms with Gasteiger partial charge >= 0.3 is 0 Å². The third kappa shape index (κ3) is 4.03. The molecule has 2 aliphatic rings. The number of rotatable bonds is 7. The lowest BCUT2D eigenvalue weighted by atomic mass is 10.1. The molecule has 1 saturated heterocycles. The number of ether oxygens (including phenoxy) is 2. The van der Waals surface area contributed by atoms with E-state index in [0.717, 1.165) is 61.0 Å². The molecule has 0 bridgehead atoms. The normalized spacial score (nSPS) is 16.2. The fourth-order valence-electron chi connectivity index (χ4n) is 4.75. The second-order valence-electron chi connectivity index (χ2n) is 8.44. The number of benzene rings is 2. The number of nitrogens with zero attached hydrogens (tertiary/aromatic N) is 3. The maximum absolute atomic E-state index is 13.3. The number of amides is 2. The summed E-state index contributed by atoms with van der Waals surface area (Å²) >= 11 is 1.56. The smallest absolute Gasteiger partial charge is 0.263 e. The van der Waals surface area contributed by atoms with E-state index in [-0.39, 0.29) is 11.8 Å². The maximum atomic E-state index is 13.3. The number of anilines is 1. The monoisotopic (exact) mass is 477 g/mol. The molecule has 3 aromatic rings. The molecule has 34 heavy (non-hydrogen) atoms. The first kappa shape index (κ1) is 22.4. The first-order valence-electron chi connectivity index (χ1n) is 11.3. The summed E-state index contributed by atoms with van der Waals surface area (Å²) in [5.41, 5.74) is 3.94. The summed E-state index contributed by atoms with van der Waals surface area (Å²) < 4.78 is 11.0. The van der Waals surface area contributed by atoms with E-state index >= 15 is 0 Å². The summed E-state index contributed by atoms with van der Waals surface area (Å²) in [5.74, 6) is 1.08. The van der Waals surface area contributed by atoms with Crippen LogP contribution in [-0.2, 0) is 13.1 Å². The van der Waals surface area contributed by atoms with Crippen LogP contribution in [0.2, 0.25) is 0 Å². The third-order valence-electron chi connectivity index (χ3n) is 6.49. The van der Waals surface area contributed by atoms with E-state index in [4.69, 9.17) is 9.47 Å². The molecule has 2 aromatic carbocycles. The Morgan fingerprint density at radius 1 is 0.882 bits per heavy atom. The predicted molar refractivity (Wildman–Crippen MR) is 132 cm³/mol. The molecule has 3 heterocycles. The van der Waals surface area contributed by atoms with Crippen molar-refractivity contribution in [2.75, 3.05) is 45.3 Å². The molecule has 0 N–H and O–H groups in total. The first-order valence-corrected chi connectivity index (χ1v) is 12.2. The number of piperazine rings is 1. The molecule has 0 aliphatic carbocycles. The molecule has 5 rings (SSSR count). The van der Waals surface area contributed by atoms with Gasteiger partial charge < -0.3 is 14.4 Å². The van der Waals surface area contributed by atoms with E-state index in [9.17, 15) is 9.59 Å². The quantitative estimate of drug-likeness (QED) is 0.482. The molecular formula is C26H27N3O4S. The average molecular weight is 478 g/mol. The predicted octanol–water partition coefficient (Wildman–Crippen LogP) is 3.88. The van der Waals surface area contributed by atoms with E-state index in [1.165, 1.54) is 4.90 Å². The largest absolute Gasteiger partial charge is 0.493 e. The number of thiophene rings is 1. The lowest BCUT2D eigenvalue weighted by Crippen LogP contribution is -2.46. The Hall–Kier alpha value is -3.36. The second kappa shape index (κ2) is 9.48. The highest BCUT2D eigenvalue weighted by Gasteiger charge is 2.38. The van der Waals surface area contributed by atoms with Crippen LogP contribution in [0.3, 0.4) is 0 Å². The van der Waals surface area contributed by atoms with Gasteiger partial charge in [0.05, 0.1) is 37.6 Å². The zero-order valence-electron chi connectivity index (χ0n) is 19.3. The summed E-state index contributed by atoms with van der Waals surface area (Å²) in [5, 5.41) is 3.93. The van der Waals surface area contributed by atoms with Gasteiger partial charge in [-0.05, 0) is 40.6 Å². The topological polar surface area (TPSA) is 62.3 Å². The highest BCUT2D eigenvalue weighted by molar-refractivity contribution is 7.07. The summed E-state index contributed by atoms with van der Waals surface area (Å²) in [6.45, 7) is 4.29. The molecule has 7 nitrogen and oxygen atoms in total. The SMILES string of the molecule is COc1cccc(CN2CCN(c3cccc4c3C(=O)N(Cc3ccsc3)C4=O)CC2)c1OC. The van der Waals surface area contributed by atoms with Crippen molar-refractivity contribution in [2.24, 2.45) is 0 Å². The van der Waals surface area contributed by atoms with Gasteiger partial charge in [-0.3, -0.25) is 19.4 Å². The van der Waals surface area contributed by atoms with Crippen LogP contribution in [0, 0.1) is 0 Å². The first-order chi connectivity index (χ1) is 16.6. The summed E-state index contributed by atoms with van der Waals surface area (Å²) in [7, 11) is 3.31. The number of para-hydroxylation sites is 1. The Morgan fingerprint density at radius 2 is 1.68 bits per heavy atom. The summed E-state index contributed by atoms with van der Waals surface area (Å²) in [6, 6.07) is 13.5. The number of methoxy groups -OCH3 is 2. The van der Waals surface area contributed by atoms with E-state index < -0.39 is 0 Å². The van der Waals surface area contributed by atoms with Crippen molar-refractivity contribution in [3.05, 3.63) is 75.5 Å². The molecule has 2 aliphatic heterocycles. The standard InChI is InChI=1S/C26H27N3O4S/c1-32-22-8-3-5-19(24(22)33-2)16-27-10-12-28(13-11-27)21-7-4-6-20-23(21)26(31)29(25(20)30)15-18-9-14-34-17-18/h3-9,14,17H,10-13,15-16H2,1-2H3. The Bertz CT molecular complexity index is 1200. The van der Waals surface area contributed by atoms with Crippen molar-refractivity contribution in [3.8, 4) is 11.5 Å². The van der Waals surface area contributed by atoms with Gasteiger partial charge in [0, 0.05) is 38.3 Å². The van der Waals surface area contributed by atoms with Crippen molar-refractivity contribution in [3.63, 3.8) is 0 Å². The fraction of sp³-hybridized carbons (Fsp3) is 0.308. The molecule has 0 unspecified atom stereocenters. The number of hydrogen-bond donors (Lipinski definition) is 0. The Kier molecular flexibility index (Phi) is 6.26. The molecule has 176 valence electrons. The van der Waals surface area contributed by atoms with Crippen LogP contribution < -0.4 is 14.4 Å². The number of fused-ring (bicyclic) bond motifs is 1. The third-order valence-corrected chi connectivity index (χ3v) is 7.22. The van der Waals surface area contributed by atoms with E-state index in [2.05, 4.69) is 15.9 Å². The van der Waals surface area contributed by atoms with Gasteiger partial charge in [-0.2, -0.15) is 11.3 Å². The highest BCUT2D eigenvalue weighted by atomic mass is 32.1. The van der Waals surface area contributed by atoms with Gasteiger partial charge in [-0.25, -0.2) is 0 Å². The van der Waals surface area contributed by atoms with Crippen molar-refractivity contribution in [1.82, 2.24) is 9.80 Å². The van der Waals surface area contributed by atoms with Crippen LogP contribution in [0.5, 0.6) is 11.5 Å². The van der Waals surface area contributed by atoms with Crippen LogP contribution in [0.15, 0.2) is 53.2 Å². The zero-order valence-corrected chi connectivity index (χ0v) is 20.1. The molecule has 1 aromatic heterocycles. The van der Waals surface area contributed by atoms with Gasteiger partial charge in [-0.1, -0.05) is 18.2 Å². The Morgan fingerprint density at radius 3 is 2.38 bits per heavy atom. The number of hydrogen-bond acceptors (Lipinski definition) is 7. The zero-order chi connectivity index (χ0) is 23.7. The Labute approximate surface area is 203 Å². The van der Waals surface area contributed by atoms with Crippen molar-refractivity contribution in [1.29, 1.82) is 0 Å². The maximum Gasteiger partial charge on any atom is 0.263 e. The summed E-state index contributed by atoms with van der Waals surface area (Å²) in [4.78, 5) is 32.2. The number of imide groups is 1. The van der Waals surface area contributed by atoms with Gasteiger partial charge in [0.25, 0.3) is 11.8 Å². The molecule has 0 saturated carbocycles. The van der Waals surface area contributed by atoms with Gasteiger partial charge in [0.2, 0.25) is 0 Å². The minimum absolute atomic E-state index is 0.203. The van der Waals surface area contributed by atoms with Gasteiger partial charge in [0.15, 0.2) is 11.5 Å². The molecule has 1 fully saturated rings. The average Bonchev–Trinajstić information content (AvgIpc) is 3.47. The van der Waals surface area contributed by atoms with E-state index in [0.29, 0.717) is 17.7 Å². The minimum atomic E-state index is -0.211. The molecule has 0 atom stereocenters. The van der Waals surface area contributed by atoms with Crippen LogP contribution in [0.4, 0.5) is 5.69 Å². The highest BCUT2D eigenvalue weighted by Crippen LogP contribution is 2.34. The minimum Gasteiger partial charge on any atom is -0.493 e. The number of carbonyl (C=O) groups excluding carboxylic acids is 2. The molecule has 0 spiro atoms.